The first-order chi connectivity index (χ1) is 6.84. The van der Waals surface area contributed by atoms with Gasteiger partial charge in [-0.15, -0.1) is 0 Å². The monoisotopic (exact) mass is 196 g/mol. The lowest BCUT2D eigenvalue weighted by molar-refractivity contribution is 0.243. The maximum absolute atomic E-state index is 3.46. The van der Waals surface area contributed by atoms with Gasteiger partial charge < -0.3 is 10.2 Å². The van der Waals surface area contributed by atoms with Crippen molar-refractivity contribution in [3.05, 3.63) is 0 Å². The Bertz CT molecular complexity index is 164. The quantitative estimate of drug-likeness (QED) is 0.723. The molecule has 2 fully saturated rings. The number of hydrogen-bond donors (Lipinski definition) is 1. The Kier molecular flexibility index (Phi) is 3.82. The third-order valence-corrected chi connectivity index (χ3v) is 3.79. The highest BCUT2D eigenvalue weighted by atomic mass is 15.1. The minimum Gasteiger partial charge on any atom is -0.316 e. The van der Waals surface area contributed by atoms with Gasteiger partial charge in [-0.3, -0.25) is 0 Å². The Labute approximate surface area is 88.1 Å². The summed E-state index contributed by atoms with van der Waals surface area (Å²) in [4.78, 5) is 2.70. The van der Waals surface area contributed by atoms with Crippen molar-refractivity contribution in [2.45, 2.75) is 32.6 Å². The molecule has 2 aliphatic heterocycles. The zero-order valence-electron chi connectivity index (χ0n) is 9.47. The number of nitrogens with zero attached hydrogens (tertiary/aromatic N) is 1. The Morgan fingerprint density at radius 3 is 2.93 bits per heavy atom. The summed E-state index contributed by atoms with van der Waals surface area (Å²) in [6.07, 6.45) is 5.67. The van der Waals surface area contributed by atoms with E-state index in [1.165, 1.54) is 58.4 Å². The van der Waals surface area contributed by atoms with Crippen LogP contribution in [0.25, 0.3) is 0 Å². The van der Waals surface area contributed by atoms with Gasteiger partial charge in [0.1, 0.15) is 0 Å². The van der Waals surface area contributed by atoms with Gasteiger partial charge in [-0.2, -0.15) is 0 Å². The van der Waals surface area contributed by atoms with Gasteiger partial charge in [0.25, 0.3) is 0 Å². The van der Waals surface area contributed by atoms with Crippen molar-refractivity contribution in [2.75, 3.05) is 32.7 Å². The van der Waals surface area contributed by atoms with Crippen molar-refractivity contribution in [3.63, 3.8) is 0 Å². The maximum Gasteiger partial charge on any atom is 0.00223 e. The topological polar surface area (TPSA) is 15.3 Å². The van der Waals surface area contributed by atoms with E-state index in [4.69, 9.17) is 0 Å². The minimum absolute atomic E-state index is 0.934. The summed E-state index contributed by atoms with van der Waals surface area (Å²) in [7, 11) is 0. The summed E-state index contributed by atoms with van der Waals surface area (Å²) < 4.78 is 0. The molecule has 2 aliphatic rings. The van der Waals surface area contributed by atoms with Crippen LogP contribution in [0.3, 0.4) is 0 Å². The fourth-order valence-electron chi connectivity index (χ4n) is 2.74. The first-order valence-electron chi connectivity index (χ1n) is 6.27. The predicted octanol–water partition coefficient (Wildman–Crippen LogP) is 1.72. The Hall–Kier alpha value is -0.0800. The lowest BCUT2D eigenvalue weighted by Crippen LogP contribution is -2.31. The zero-order chi connectivity index (χ0) is 9.80. The third-order valence-electron chi connectivity index (χ3n) is 3.79. The van der Waals surface area contributed by atoms with Gasteiger partial charge in [0, 0.05) is 6.54 Å². The molecule has 82 valence electrons. The lowest BCUT2D eigenvalue weighted by atomic mass is 10.0. The van der Waals surface area contributed by atoms with Crippen LogP contribution in [0.4, 0.5) is 0 Å². The van der Waals surface area contributed by atoms with Gasteiger partial charge >= 0.3 is 0 Å². The van der Waals surface area contributed by atoms with Crippen LogP contribution in [0.5, 0.6) is 0 Å². The summed E-state index contributed by atoms with van der Waals surface area (Å²) in [5.74, 6) is 1.89. The van der Waals surface area contributed by atoms with Crippen LogP contribution in [0.15, 0.2) is 0 Å². The number of nitrogens with one attached hydrogen (secondary N) is 1. The molecule has 0 aromatic heterocycles. The van der Waals surface area contributed by atoms with E-state index in [0.29, 0.717) is 0 Å². The molecule has 0 amide bonds. The summed E-state index contributed by atoms with van der Waals surface area (Å²) >= 11 is 0. The summed E-state index contributed by atoms with van der Waals surface area (Å²) in [5, 5.41) is 3.46. The first-order valence-corrected chi connectivity index (χ1v) is 6.27. The first kappa shape index (κ1) is 10.4. The van der Waals surface area contributed by atoms with Gasteiger partial charge in [0.05, 0.1) is 0 Å². The van der Waals surface area contributed by atoms with Crippen molar-refractivity contribution in [2.24, 2.45) is 11.8 Å². The molecule has 2 nitrogen and oxygen atoms in total. The van der Waals surface area contributed by atoms with Crippen molar-refractivity contribution in [1.29, 1.82) is 0 Å². The number of rotatable bonds is 2. The molecule has 2 unspecified atom stereocenters. The highest BCUT2D eigenvalue weighted by molar-refractivity contribution is 4.76. The third kappa shape index (κ3) is 2.96. The molecule has 0 aliphatic carbocycles. The number of hydrogen-bond acceptors (Lipinski definition) is 2. The summed E-state index contributed by atoms with van der Waals surface area (Å²) in [5.41, 5.74) is 0. The van der Waals surface area contributed by atoms with E-state index in [1.54, 1.807) is 0 Å². The molecule has 0 spiro atoms. The highest BCUT2D eigenvalue weighted by Crippen LogP contribution is 2.18. The van der Waals surface area contributed by atoms with E-state index in [-0.39, 0.29) is 0 Å². The van der Waals surface area contributed by atoms with Crippen LogP contribution < -0.4 is 5.32 Å². The molecule has 14 heavy (non-hydrogen) atoms. The van der Waals surface area contributed by atoms with Crippen molar-refractivity contribution >= 4 is 0 Å². The average molecular weight is 196 g/mol. The Morgan fingerprint density at radius 2 is 2.14 bits per heavy atom. The molecule has 2 atom stereocenters. The normalized spacial score (nSPS) is 35.8. The summed E-state index contributed by atoms with van der Waals surface area (Å²) in [6.45, 7) is 8.94. The van der Waals surface area contributed by atoms with Crippen LogP contribution in [-0.2, 0) is 0 Å². The molecule has 2 heteroatoms. The molecule has 0 radical (unpaired) electrons. The van der Waals surface area contributed by atoms with Gasteiger partial charge in [-0.25, -0.2) is 0 Å². The second-order valence-electron chi connectivity index (χ2n) is 5.20. The van der Waals surface area contributed by atoms with Gasteiger partial charge in [0.15, 0.2) is 0 Å². The second kappa shape index (κ2) is 5.13. The molecule has 1 N–H and O–H groups in total. The van der Waals surface area contributed by atoms with Crippen molar-refractivity contribution in [1.82, 2.24) is 10.2 Å². The Balaban J connectivity index is 1.73. The van der Waals surface area contributed by atoms with Gasteiger partial charge in [0.2, 0.25) is 0 Å². The smallest absolute Gasteiger partial charge is 0.00223 e. The SMILES string of the molecule is CC1CCCN(CC2CCNC2)CC1. The summed E-state index contributed by atoms with van der Waals surface area (Å²) in [6, 6.07) is 0. The highest BCUT2D eigenvalue weighted by Gasteiger charge is 2.20. The lowest BCUT2D eigenvalue weighted by Gasteiger charge is -2.23. The van der Waals surface area contributed by atoms with E-state index in [2.05, 4.69) is 17.1 Å². The van der Waals surface area contributed by atoms with Crippen LogP contribution in [0, 0.1) is 11.8 Å². The van der Waals surface area contributed by atoms with E-state index in [9.17, 15) is 0 Å². The van der Waals surface area contributed by atoms with Crippen LogP contribution >= 0.6 is 0 Å². The fourth-order valence-corrected chi connectivity index (χ4v) is 2.74. The van der Waals surface area contributed by atoms with Crippen LogP contribution in [0.1, 0.15) is 32.6 Å². The largest absolute Gasteiger partial charge is 0.316 e. The molecule has 0 aromatic rings. The number of likely N-dealkylation sites (tertiary alicyclic amines) is 1. The zero-order valence-corrected chi connectivity index (χ0v) is 9.47. The second-order valence-corrected chi connectivity index (χ2v) is 5.20. The van der Waals surface area contributed by atoms with Gasteiger partial charge in [-0.05, 0) is 63.7 Å². The molecule has 2 heterocycles. The molecule has 0 saturated carbocycles. The molecular weight excluding hydrogens is 172 g/mol. The predicted molar refractivity (Wildman–Crippen MR) is 60.4 cm³/mol. The molecule has 0 bridgehead atoms. The molecule has 0 aromatic carbocycles. The maximum atomic E-state index is 3.46. The Morgan fingerprint density at radius 1 is 1.21 bits per heavy atom. The van der Waals surface area contributed by atoms with E-state index >= 15 is 0 Å². The van der Waals surface area contributed by atoms with Crippen LogP contribution in [-0.4, -0.2) is 37.6 Å². The van der Waals surface area contributed by atoms with Gasteiger partial charge in [-0.1, -0.05) is 6.92 Å². The van der Waals surface area contributed by atoms with Crippen molar-refractivity contribution in [3.8, 4) is 0 Å². The van der Waals surface area contributed by atoms with E-state index in [0.717, 1.165) is 11.8 Å². The standard InChI is InChI=1S/C12H24N2/c1-11-3-2-7-14(8-5-11)10-12-4-6-13-9-12/h11-13H,2-10H2,1H3. The fraction of sp³-hybridized carbons (Fsp3) is 1.00. The van der Waals surface area contributed by atoms with Crippen molar-refractivity contribution < 1.29 is 0 Å². The molecule has 2 saturated heterocycles. The van der Waals surface area contributed by atoms with Crippen LogP contribution in [0.2, 0.25) is 0 Å². The molecule has 2 rings (SSSR count). The average Bonchev–Trinajstić information content (AvgIpc) is 2.58. The molecular formula is C12H24N2. The minimum atomic E-state index is 0.934. The van der Waals surface area contributed by atoms with E-state index in [1.807, 2.05) is 0 Å². The van der Waals surface area contributed by atoms with E-state index < -0.39 is 0 Å².